The van der Waals surface area contributed by atoms with Crippen LogP contribution in [0.25, 0.3) is 0 Å². The summed E-state index contributed by atoms with van der Waals surface area (Å²) in [6, 6.07) is 9.87. The van der Waals surface area contributed by atoms with Gasteiger partial charge in [-0.1, -0.05) is 32.9 Å². The first-order valence-electron chi connectivity index (χ1n) is 7.55. The Hall–Kier alpha value is -1.73. The van der Waals surface area contributed by atoms with E-state index in [4.69, 9.17) is 13.7 Å². The summed E-state index contributed by atoms with van der Waals surface area (Å²) in [4.78, 5) is -0.102. The van der Waals surface area contributed by atoms with E-state index in [2.05, 4.69) is 36.7 Å². The molecular weight excluding hydrogens is 408 g/mol. The lowest BCUT2D eigenvalue weighted by Crippen LogP contribution is -2.13. The summed E-state index contributed by atoms with van der Waals surface area (Å²) in [5.41, 5.74) is 1.06. The van der Waals surface area contributed by atoms with E-state index in [1.54, 1.807) is 12.1 Å². The van der Waals surface area contributed by atoms with Crippen molar-refractivity contribution in [2.45, 2.75) is 31.1 Å². The van der Waals surface area contributed by atoms with E-state index in [0.717, 1.165) is 5.56 Å². The summed E-state index contributed by atoms with van der Waals surface area (Å²) < 4.78 is 41.5. The van der Waals surface area contributed by atoms with Gasteiger partial charge in [0, 0.05) is 6.07 Å². The lowest BCUT2D eigenvalue weighted by atomic mass is 9.87. The van der Waals surface area contributed by atoms with Crippen LogP contribution in [0.3, 0.4) is 0 Å². The molecule has 2 rings (SSSR count). The summed E-state index contributed by atoms with van der Waals surface area (Å²) >= 11 is 3.30. The van der Waals surface area contributed by atoms with Gasteiger partial charge in [-0.25, -0.2) is 0 Å². The number of hydrogen-bond donors (Lipinski definition) is 0. The van der Waals surface area contributed by atoms with Crippen LogP contribution in [0.2, 0.25) is 0 Å². The van der Waals surface area contributed by atoms with Crippen molar-refractivity contribution in [3.05, 3.63) is 46.4 Å². The van der Waals surface area contributed by atoms with E-state index in [9.17, 15) is 8.42 Å². The molecule has 0 spiro atoms. The SMILES string of the molecule is COc1cc(S(=O)(=O)Oc2ccc(C(C)(C)C)cc2)c(OC)cc1Br. The smallest absolute Gasteiger partial charge is 0.343 e. The van der Waals surface area contributed by atoms with Gasteiger partial charge in [0.25, 0.3) is 0 Å². The minimum atomic E-state index is -4.08. The molecule has 2 aromatic rings. The fourth-order valence-electron chi connectivity index (χ4n) is 2.21. The highest BCUT2D eigenvalue weighted by atomic mass is 79.9. The van der Waals surface area contributed by atoms with Gasteiger partial charge in [-0.3, -0.25) is 0 Å². The predicted molar refractivity (Wildman–Crippen MR) is 100 cm³/mol. The van der Waals surface area contributed by atoms with Gasteiger partial charge >= 0.3 is 10.1 Å². The monoisotopic (exact) mass is 428 g/mol. The minimum absolute atomic E-state index is 0.0281. The Labute approximate surface area is 157 Å². The Bertz CT molecular complexity index is 852. The molecule has 0 fully saturated rings. The maximum absolute atomic E-state index is 12.7. The molecule has 0 aliphatic rings. The zero-order valence-electron chi connectivity index (χ0n) is 14.8. The van der Waals surface area contributed by atoms with Crippen molar-refractivity contribution >= 4 is 26.0 Å². The number of benzene rings is 2. The fraction of sp³-hybridized carbons (Fsp3) is 0.333. The second-order valence-corrected chi connectivity index (χ2v) is 8.82. The van der Waals surface area contributed by atoms with Crippen molar-refractivity contribution < 1.29 is 22.1 Å². The second kappa shape index (κ2) is 7.25. The molecule has 0 amide bonds. The Morgan fingerprint density at radius 2 is 1.48 bits per heavy atom. The van der Waals surface area contributed by atoms with Crippen LogP contribution in [0.5, 0.6) is 17.2 Å². The van der Waals surface area contributed by atoms with Crippen LogP contribution in [0.1, 0.15) is 26.3 Å². The van der Waals surface area contributed by atoms with E-state index in [1.807, 2.05) is 12.1 Å². The molecule has 0 unspecified atom stereocenters. The van der Waals surface area contributed by atoms with Crippen LogP contribution < -0.4 is 13.7 Å². The van der Waals surface area contributed by atoms with E-state index in [0.29, 0.717) is 10.2 Å². The maximum Gasteiger partial charge on any atom is 0.343 e. The Morgan fingerprint density at radius 1 is 0.920 bits per heavy atom. The summed E-state index contributed by atoms with van der Waals surface area (Å²) in [6.45, 7) is 6.25. The quantitative estimate of drug-likeness (QED) is 0.654. The summed E-state index contributed by atoms with van der Waals surface area (Å²) in [7, 11) is -1.23. The molecule has 0 saturated carbocycles. The highest BCUT2D eigenvalue weighted by molar-refractivity contribution is 9.10. The Balaban J connectivity index is 2.39. The van der Waals surface area contributed by atoms with Crippen molar-refractivity contribution in [1.29, 1.82) is 0 Å². The first-order valence-corrected chi connectivity index (χ1v) is 9.75. The molecule has 0 aliphatic carbocycles. The molecule has 25 heavy (non-hydrogen) atoms. The van der Waals surface area contributed by atoms with Crippen LogP contribution in [-0.4, -0.2) is 22.6 Å². The molecule has 136 valence electrons. The maximum atomic E-state index is 12.7. The molecule has 0 heterocycles. The van der Waals surface area contributed by atoms with Gasteiger partial charge in [0.2, 0.25) is 0 Å². The summed E-state index contributed by atoms with van der Waals surface area (Å²) in [5.74, 6) is 0.766. The second-order valence-electron chi connectivity index (χ2n) is 6.45. The van der Waals surface area contributed by atoms with Crippen molar-refractivity contribution in [1.82, 2.24) is 0 Å². The van der Waals surface area contributed by atoms with E-state index in [1.165, 1.54) is 26.4 Å². The number of ether oxygens (including phenoxy) is 2. The van der Waals surface area contributed by atoms with Crippen molar-refractivity contribution in [3.8, 4) is 17.2 Å². The van der Waals surface area contributed by atoms with Crippen LogP contribution in [0.15, 0.2) is 45.8 Å². The summed E-state index contributed by atoms with van der Waals surface area (Å²) in [5, 5.41) is 0. The first-order chi connectivity index (χ1) is 11.6. The highest BCUT2D eigenvalue weighted by Crippen LogP contribution is 2.36. The number of methoxy groups -OCH3 is 2. The molecule has 0 bridgehead atoms. The lowest BCUT2D eigenvalue weighted by molar-refractivity contribution is 0.386. The molecule has 7 heteroatoms. The Kier molecular flexibility index (Phi) is 5.68. The molecule has 0 radical (unpaired) electrons. The largest absolute Gasteiger partial charge is 0.496 e. The van der Waals surface area contributed by atoms with Crippen LogP contribution >= 0.6 is 15.9 Å². The fourth-order valence-corrected chi connectivity index (χ4v) is 3.79. The first kappa shape index (κ1) is 19.6. The predicted octanol–water partition coefficient (Wildman–Crippen LogP) is 4.53. The van der Waals surface area contributed by atoms with Crippen LogP contribution in [-0.2, 0) is 15.5 Å². The van der Waals surface area contributed by atoms with Crippen LogP contribution in [0, 0.1) is 0 Å². The molecule has 5 nitrogen and oxygen atoms in total. The van der Waals surface area contributed by atoms with E-state index in [-0.39, 0.29) is 21.8 Å². The molecular formula is C18H21BrO5S. The molecule has 0 atom stereocenters. The standard InChI is InChI=1S/C18H21BrO5S/c1-18(2,3)12-6-8-13(9-7-12)24-25(20,21)17-11-15(22-4)14(19)10-16(17)23-5/h6-11H,1-5H3. The number of hydrogen-bond acceptors (Lipinski definition) is 5. The van der Waals surface area contributed by atoms with Gasteiger partial charge in [-0.2, -0.15) is 8.42 Å². The summed E-state index contributed by atoms with van der Waals surface area (Å²) in [6.07, 6.45) is 0. The van der Waals surface area contributed by atoms with Gasteiger partial charge in [-0.15, -0.1) is 0 Å². The zero-order chi connectivity index (χ0) is 18.8. The average molecular weight is 429 g/mol. The molecule has 0 aromatic heterocycles. The topological polar surface area (TPSA) is 61.8 Å². The van der Waals surface area contributed by atoms with Gasteiger partial charge < -0.3 is 13.7 Å². The van der Waals surface area contributed by atoms with Crippen molar-refractivity contribution in [2.24, 2.45) is 0 Å². The van der Waals surface area contributed by atoms with E-state index < -0.39 is 10.1 Å². The Morgan fingerprint density at radius 3 is 1.96 bits per heavy atom. The number of rotatable bonds is 5. The van der Waals surface area contributed by atoms with Gasteiger partial charge in [0.05, 0.1) is 18.7 Å². The van der Waals surface area contributed by atoms with Gasteiger partial charge in [-0.05, 0) is 45.1 Å². The average Bonchev–Trinajstić information content (AvgIpc) is 2.53. The number of halogens is 1. The third-order valence-electron chi connectivity index (χ3n) is 3.63. The van der Waals surface area contributed by atoms with E-state index >= 15 is 0 Å². The van der Waals surface area contributed by atoms with Crippen LogP contribution in [0.4, 0.5) is 0 Å². The zero-order valence-corrected chi connectivity index (χ0v) is 17.2. The van der Waals surface area contributed by atoms with Crippen molar-refractivity contribution in [3.63, 3.8) is 0 Å². The normalized spacial score (nSPS) is 11.9. The van der Waals surface area contributed by atoms with Gasteiger partial charge in [0.1, 0.15) is 17.2 Å². The van der Waals surface area contributed by atoms with Crippen molar-refractivity contribution in [2.75, 3.05) is 14.2 Å². The molecule has 0 N–H and O–H groups in total. The molecule has 0 aliphatic heterocycles. The molecule has 2 aromatic carbocycles. The highest BCUT2D eigenvalue weighted by Gasteiger charge is 2.25. The molecule has 0 saturated heterocycles. The third-order valence-corrected chi connectivity index (χ3v) is 5.52. The third kappa shape index (κ3) is 4.46. The van der Waals surface area contributed by atoms with Gasteiger partial charge in [0.15, 0.2) is 4.90 Å². The lowest BCUT2D eigenvalue weighted by Gasteiger charge is -2.19. The minimum Gasteiger partial charge on any atom is -0.496 e.